The Morgan fingerprint density at radius 1 is 1.28 bits per heavy atom. The number of nitrogens with one attached hydrogen (secondary N) is 1. The van der Waals surface area contributed by atoms with Crippen molar-refractivity contribution in [2.24, 2.45) is 0 Å². The third-order valence-corrected chi connectivity index (χ3v) is 7.14. The molecule has 2 saturated heterocycles. The molecule has 0 radical (unpaired) electrons. The van der Waals surface area contributed by atoms with Gasteiger partial charge in [-0.1, -0.05) is 30.3 Å². The third kappa shape index (κ3) is 3.83. The molecule has 2 atom stereocenters. The summed E-state index contributed by atoms with van der Waals surface area (Å²) in [7, 11) is 1.58. The average molecular weight is 412 g/mol. The van der Waals surface area contributed by atoms with Crippen molar-refractivity contribution in [1.29, 1.82) is 0 Å². The Labute approximate surface area is 177 Å². The molecule has 0 saturated carbocycles. The molecule has 2 unspecified atom stereocenters. The van der Waals surface area contributed by atoms with E-state index in [1.54, 1.807) is 13.2 Å². The summed E-state index contributed by atoms with van der Waals surface area (Å²) >= 11 is 1.54. The molecule has 1 amide bonds. The Kier molecular flexibility index (Phi) is 5.74. The minimum Gasteiger partial charge on any atom is -0.496 e. The summed E-state index contributed by atoms with van der Waals surface area (Å²) in [6.45, 7) is 0.862. The first-order valence-electron chi connectivity index (χ1n) is 10.2. The maximum atomic E-state index is 13.4. The number of fused-ring (bicyclic) bond motifs is 2. The summed E-state index contributed by atoms with van der Waals surface area (Å²) in [6.07, 6.45) is 7.40. The van der Waals surface area contributed by atoms with Gasteiger partial charge < -0.3 is 15.8 Å². The number of rotatable bonds is 6. The van der Waals surface area contributed by atoms with Crippen LogP contribution in [0.3, 0.4) is 0 Å². The number of ether oxygens (including phenoxy) is 1. The second-order valence-electron chi connectivity index (χ2n) is 7.98. The number of hydrogen-bond donors (Lipinski definition) is 2. The van der Waals surface area contributed by atoms with Crippen LogP contribution in [0.1, 0.15) is 48.0 Å². The Morgan fingerprint density at radius 3 is 2.79 bits per heavy atom. The van der Waals surface area contributed by atoms with E-state index in [9.17, 15) is 4.79 Å². The number of nitrogen functional groups attached to an aromatic ring is 1. The van der Waals surface area contributed by atoms with Crippen molar-refractivity contribution in [1.82, 2.24) is 10.2 Å². The second-order valence-corrected chi connectivity index (χ2v) is 8.83. The lowest BCUT2D eigenvalue weighted by Gasteiger charge is -2.45. The van der Waals surface area contributed by atoms with Gasteiger partial charge in [0.05, 0.1) is 18.3 Å². The quantitative estimate of drug-likeness (QED) is 0.549. The van der Waals surface area contributed by atoms with E-state index in [2.05, 4.69) is 34.5 Å². The third-order valence-electron chi connectivity index (χ3n) is 6.35. The Bertz CT molecular complexity index is 885. The molecule has 154 valence electrons. The number of piperidine rings is 1. The largest absolute Gasteiger partial charge is 0.496 e. The van der Waals surface area contributed by atoms with Gasteiger partial charge in [-0.3, -0.25) is 9.69 Å². The number of nitrogens with two attached hydrogens (primary N) is 1. The molecule has 2 fully saturated rings. The van der Waals surface area contributed by atoms with Crippen LogP contribution in [-0.2, 0) is 6.54 Å². The van der Waals surface area contributed by atoms with Gasteiger partial charge in [0.1, 0.15) is 5.75 Å². The van der Waals surface area contributed by atoms with Crippen molar-refractivity contribution in [3.63, 3.8) is 0 Å². The molecule has 2 heterocycles. The van der Waals surface area contributed by atoms with E-state index in [0.717, 1.165) is 37.1 Å². The molecular formula is C23H29N3O2S. The molecule has 0 aromatic heterocycles. The fourth-order valence-corrected chi connectivity index (χ4v) is 5.42. The van der Waals surface area contributed by atoms with Crippen molar-refractivity contribution in [2.45, 2.75) is 55.2 Å². The van der Waals surface area contributed by atoms with Crippen molar-refractivity contribution < 1.29 is 9.53 Å². The summed E-state index contributed by atoms with van der Waals surface area (Å²) < 4.78 is 5.47. The zero-order chi connectivity index (χ0) is 20.4. The van der Waals surface area contributed by atoms with Crippen LogP contribution in [0.2, 0.25) is 0 Å². The van der Waals surface area contributed by atoms with Gasteiger partial charge in [-0.15, -0.1) is 11.8 Å². The van der Waals surface area contributed by atoms with Gasteiger partial charge >= 0.3 is 0 Å². The van der Waals surface area contributed by atoms with Crippen LogP contribution in [0.5, 0.6) is 5.75 Å². The van der Waals surface area contributed by atoms with Gasteiger partial charge in [-0.2, -0.15) is 0 Å². The SMILES string of the molecule is COc1cc(N)c(SC)cc1C(=O)NC12CCCC(CC1)N2Cc1ccccc1. The fourth-order valence-electron chi connectivity index (χ4n) is 4.89. The molecule has 29 heavy (non-hydrogen) atoms. The predicted molar refractivity (Wildman–Crippen MR) is 118 cm³/mol. The maximum Gasteiger partial charge on any atom is 0.256 e. The molecule has 0 spiro atoms. The normalized spacial score (nSPS) is 23.7. The molecule has 3 N–H and O–H groups in total. The lowest BCUT2D eigenvalue weighted by Crippen LogP contribution is -2.60. The molecule has 6 heteroatoms. The van der Waals surface area contributed by atoms with Crippen molar-refractivity contribution >= 4 is 23.4 Å². The van der Waals surface area contributed by atoms with Crippen LogP contribution in [0.25, 0.3) is 0 Å². The first-order valence-corrected chi connectivity index (χ1v) is 11.4. The number of carbonyl (C=O) groups is 1. The number of hydrogen-bond acceptors (Lipinski definition) is 5. The predicted octanol–water partition coefficient (Wildman–Crippen LogP) is 4.27. The molecular weight excluding hydrogens is 382 g/mol. The Morgan fingerprint density at radius 2 is 2.07 bits per heavy atom. The van der Waals surface area contributed by atoms with Gasteiger partial charge in [0, 0.05) is 29.2 Å². The number of anilines is 1. The van der Waals surface area contributed by atoms with E-state index in [-0.39, 0.29) is 11.6 Å². The van der Waals surface area contributed by atoms with Gasteiger partial charge in [0.25, 0.3) is 5.91 Å². The number of amides is 1. The molecule has 2 aliphatic heterocycles. The lowest BCUT2D eigenvalue weighted by molar-refractivity contribution is 0.0184. The summed E-state index contributed by atoms with van der Waals surface area (Å²) in [5.74, 6) is 0.437. The van der Waals surface area contributed by atoms with E-state index in [1.807, 2.05) is 18.4 Å². The van der Waals surface area contributed by atoms with Crippen LogP contribution in [0.4, 0.5) is 5.69 Å². The maximum absolute atomic E-state index is 13.4. The van der Waals surface area contributed by atoms with E-state index in [4.69, 9.17) is 10.5 Å². The number of thioether (sulfide) groups is 1. The van der Waals surface area contributed by atoms with Gasteiger partial charge in [0.15, 0.2) is 0 Å². The van der Waals surface area contributed by atoms with Crippen LogP contribution >= 0.6 is 11.8 Å². The topological polar surface area (TPSA) is 67.6 Å². The van der Waals surface area contributed by atoms with E-state index >= 15 is 0 Å². The van der Waals surface area contributed by atoms with Crippen LogP contribution in [-0.4, -0.2) is 35.9 Å². The van der Waals surface area contributed by atoms with E-state index in [1.165, 1.54) is 23.7 Å². The minimum absolute atomic E-state index is 0.0854. The highest BCUT2D eigenvalue weighted by atomic mass is 32.2. The highest BCUT2D eigenvalue weighted by Crippen LogP contribution is 2.44. The molecule has 0 aliphatic carbocycles. The zero-order valence-electron chi connectivity index (χ0n) is 17.1. The highest BCUT2D eigenvalue weighted by molar-refractivity contribution is 7.98. The average Bonchev–Trinajstić information content (AvgIpc) is 2.92. The van der Waals surface area contributed by atoms with Crippen molar-refractivity contribution in [3.8, 4) is 5.75 Å². The summed E-state index contributed by atoms with van der Waals surface area (Å²) in [5.41, 5.74) is 8.27. The number of benzene rings is 2. The van der Waals surface area contributed by atoms with Crippen molar-refractivity contribution in [3.05, 3.63) is 53.6 Å². The minimum atomic E-state index is -0.290. The van der Waals surface area contributed by atoms with Gasteiger partial charge in [0.2, 0.25) is 0 Å². The van der Waals surface area contributed by atoms with Crippen LogP contribution in [0, 0.1) is 0 Å². The van der Waals surface area contributed by atoms with Crippen LogP contribution in [0.15, 0.2) is 47.4 Å². The Balaban J connectivity index is 1.62. The monoisotopic (exact) mass is 411 g/mol. The lowest BCUT2D eigenvalue weighted by atomic mass is 9.95. The highest BCUT2D eigenvalue weighted by Gasteiger charge is 2.49. The smallest absolute Gasteiger partial charge is 0.256 e. The molecule has 2 bridgehead atoms. The summed E-state index contributed by atoms with van der Waals surface area (Å²) in [6, 6.07) is 14.7. The van der Waals surface area contributed by atoms with Crippen molar-refractivity contribution in [2.75, 3.05) is 19.1 Å². The van der Waals surface area contributed by atoms with Crippen LogP contribution < -0.4 is 15.8 Å². The van der Waals surface area contributed by atoms with E-state index in [0.29, 0.717) is 23.0 Å². The Hall–Kier alpha value is -2.18. The molecule has 5 nitrogen and oxygen atoms in total. The summed E-state index contributed by atoms with van der Waals surface area (Å²) in [5, 5.41) is 3.41. The van der Waals surface area contributed by atoms with Gasteiger partial charge in [-0.25, -0.2) is 0 Å². The first-order chi connectivity index (χ1) is 14.1. The molecule has 4 rings (SSSR count). The fraction of sp³-hybridized carbons (Fsp3) is 0.435. The van der Waals surface area contributed by atoms with E-state index < -0.39 is 0 Å². The van der Waals surface area contributed by atoms with Gasteiger partial charge in [-0.05, 0) is 50.0 Å². The first kappa shape index (κ1) is 20.1. The molecule has 2 aromatic rings. The second kappa shape index (κ2) is 8.28. The standard InChI is InChI=1S/C23H29N3O2S/c1-28-20-14-19(24)21(29-2)13-18(20)22(27)25-23-11-6-9-17(10-12-23)26(23)15-16-7-4-3-5-8-16/h3-5,7-8,13-14,17H,6,9-12,15,24H2,1-2H3,(H,25,27). The molecule has 2 aromatic carbocycles. The number of carbonyl (C=O) groups excluding carboxylic acids is 1. The zero-order valence-corrected chi connectivity index (χ0v) is 17.9. The summed E-state index contributed by atoms with van der Waals surface area (Å²) in [4.78, 5) is 16.8. The molecule has 2 aliphatic rings. The number of nitrogens with zero attached hydrogens (tertiary/aromatic N) is 1. The number of methoxy groups -OCH3 is 1.